The van der Waals surface area contributed by atoms with Crippen LogP contribution in [0.25, 0.3) is 0 Å². The zero-order chi connectivity index (χ0) is 10.3. The lowest BCUT2D eigenvalue weighted by Crippen LogP contribution is -2.34. The number of nitrogens with zero attached hydrogens (tertiary/aromatic N) is 1. The molecule has 1 N–H and O–H groups in total. The maximum Gasteiger partial charge on any atom is 0.216 e. The van der Waals surface area contributed by atoms with Gasteiger partial charge in [0, 0.05) is 13.1 Å². The minimum atomic E-state index is -3.36. The number of hydrogen-bond donors (Lipinski definition) is 1. The Morgan fingerprint density at radius 1 is 1.23 bits per heavy atom. The van der Waals surface area contributed by atoms with Gasteiger partial charge in [-0.2, -0.15) is 4.31 Å². The highest BCUT2D eigenvalue weighted by Crippen LogP contribution is 2.01. The molecule has 0 aliphatic rings. The van der Waals surface area contributed by atoms with E-state index in [-0.39, 0.29) is 25.4 Å². The zero-order valence-corrected chi connectivity index (χ0v) is 8.33. The van der Waals surface area contributed by atoms with Gasteiger partial charge in [-0.3, -0.25) is 0 Å². The molecule has 76 valence electrons. The van der Waals surface area contributed by atoms with E-state index in [0.29, 0.717) is 0 Å². The van der Waals surface area contributed by atoms with Gasteiger partial charge in [-0.25, -0.2) is 8.42 Å². The van der Waals surface area contributed by atoms with Crippen molar-refractivity contribution in [3.8, 4) is 0 Å². The fraction of sp³-hybridized carbons (Fsp3) is 0.500. The average Bonchev–Trinajstić information content (AvgIpc) is 2.04. The zero-order valence-electron chi connectivity index (χ0n) is 7.52. The fourth-order valence-electron chi connectivity index (χ4n) is 0.834. The van der Waals surface area contributed by atoms with Crippen LogP contribution in [0.1, 0.15) is 0 Å². The summed E-state index contributed by atoms with van der Waals surface area (Å²) in [4.78, 5) is 0. The van der Waals surface area contributed by atoms with Crippen molar-refractivity contribution in [2.45, 2.75) is 0 Å². The molecular weight excluding hydrogens is 190 g/mol. The largest absolute Gasteiger partial charge is 0.395 e. The van der Waals surface area contributed by atoms with Gasteiger partial charge < -0.3 is 5.11 Å². The molecule has 0 saturated heterocycles. The SMILES string of the molecule is C=CCN(CC=C)S(=O)(=O)CCO. The van der Waals surface area contributed by atoms with Gasteiger partial charge in [0.2, 0.25) is 10.0 Å². The van der Waals surface area contributed by atoms with Crippen molar-refractivity contribution in [2.24, 2.45) is 0 Å². The van der Waals surface area contributed by atoms with Crippen LogP contribution in [0.2, 0.25) is 0 Å². The van der Waals surface area contributed by atoms with E-state index in [1.54, 1.807) is 0 Å². The molecule has 0 aromatic heterocycles. The van der Waals surface area contributed by atoms with Gasteiger partial charge in [-0.1, -0.05) is 12.2 Å². The monoisotopic (exact) mass is 205 g/mol. The highest BCUT2D eigenvalue weighted by atomic mass is 32.2. The molecule has 0 atom stereocenters. The molecule has 0 spiro atoms. The quantitative estimate of drug-likeness (QED) is 0.594. The van der Waals surface area contributed by atoms with Crippen molar-refractivity contribution in [2.75, 3.05) is 25.4 Å². The number of sulfonamides is 1. The van der Waals surface area contributed by atoms with Gasteiger partial charge in [0.05, 0.1) is 12.4 Å². The van der Waals surface area contributed by atoms with Crippen molar-refractivity contribution in [3.63, 3.8) is 0 Å². The van der Waals surface area contributed by atoms with E-state index in [1.807, 2.05) is 0 Å². The molecule has 0 aliphatic heterocycles. The van der Waals surface area contributed by atoms with E-state index < -0.39 is 10.0 Å². The highest BCUT2D eigenvalue weighted by molar-refractivity contribution is 7.89. The van der Waals surface area contributed by atoms with Gasteiger partial charge in [0.15, 0.2) is 0 Å². The molecule has 0 aromatic rings. The summed E-state index contributed by atoms with van der Waals surface area (Å²) in [6, 6.07) is 0. The minimum Gasteiger partial charge on any atom is -0.395 e. The molecule has 0 heterocycles. The first-order valence-electron chi connectivity index (χ1n) is 3.89. The van der Waals surface area contributed by atoms with Gasteiger partial charge in [-0.05, 0) is 0 Å². The summed E-state index contributed by atoms with van der Waals surface area (Å²) in [5, 5.41) is 8.53. The Bertz CT molecular complexity index is 249. The average molecular weight is 205 g/mol. The number of aliphatic hydroxyl groups excluding tert-OH is 1. The second-order valence-electron chi connectivity index (χ2n) is 2.43. The van der Waals surface area contributed by atoms with E-state index in [2.05, 4.69) is 13.2 Å². The van der Waals surface area contributed by atoms with Crippen LogP contribution in [0.5, 0.6) is 0 Å². The topological polar surface area (TPSA) is 57.6 Å². The minimum absolute atomic E-state index is 0.244. The maximum absolute atomic E-state index is 11.4. The van der Waals surface area contributed by atoms with Crippen LogP contribution in [0, 0.1) is 0 Å². The van der Waals surface area contributed by atoms with Crippen LogP contribution in [0.3, 0.4) is 0 Å². The fourth-order valence-corrected chi connectivity index (χ4v) is 1.99. The third-order valence-electron chi connectivity index (χ3n) is 1.41. The third kappa shape index (κ3) is 4.21. The predicted molar refractivity (Wildman–Crippen MR) is 52.8 cm³/mol. The second kappa shape index (κ2) is 5.90. The normalized spacial score (nSPS) is 11.5. The third-order valence-corrected chi connectivity index (χ3v) is 3.19. The van der Waals surface area contributed by atoms with Crippen LogP contribution in [0.15, 0.2) is 25.3 Å². The molecule has 0 aromatic carbocycles. The van der Waals surface area contributed by atoms with E-state index in [9.17, 15) is 8.42 Å². The van der Waals surface area contributed by atoms with E-state index in [4.69, 9.17) is 5.11 Å². The van der Waals surface area contributed by atoms with Gasteiger partial charge in [0.1, 0.15) is 0 Å². The lowest BCUT2D eigenvalue weighted by Gasteiger charge is -2.17. The summed E-state index contributed by atoms with van der Waals surface area (Å²) in [5.74, 6) is -0.255. The number of hydrogen-bond acceptors (Lipinski definition) is 3. The standard InChI is InChI=1S/C8H15NO3S/c1-3-5-9(6-4-2)13(11,12)8-7-10/h3-4,10H,1-2,5-8H2. The summed E-state index contributed by atoms with van der Waals surface area (Å²) >= 11 is 0. The van der Waals surface area contributed by atoms with Crippen molar-refractivity contribution in [1.82, 2.24) is 4.31 Å². The molecule has 0 rings (SSSR count). The van der Waals surface area contributed by atoms with Crippen LogP contribution in [-0.4, -0.2) is 43.3 Å². The first kappa shape index (κ1) is 12.3. The Morgan fingerprint density at radius 3 is 2.00 bits per heavy atom. The lowest BCUT2D eigenvalue weighted by atomic mass is 10.5. The van der Waals surface area contributed by atoms with Crippen molar-refractivity contribution >= 4 is 10.0 Å². The molecule has 0 aliphatic carbocycles. The Balaban J connectivity index is 4.50. The van der Waals surface area contributed by atoms with Crippen LogP contribution in [0.4, 0.5) is 0 Å². The Kier molecular flexibility index (Phi) is 5.61. The van der Waals surface area contributed by atoms with Crippen molar-refractivity contribution in [3.05, 3.63) is 25.3 Å². The van der Waals surface area contributed by atoms with Crippen LogP contribution < -0.4 is 0 Å². The molecule has 13 heavy (non-hydrogen) atoms. The van der Waals surface area contributed by atoms with Gasteiger partial charge >= 0.3 is 0 Å². The summed E-state index contributed by atoms with van der Waals surface area (Å²) in [7, 11) is -3.36. The van der Waals surface area contributed by atoms with E-state index >= 15 is 0 Å². The summed E-state index contributed by atoms with van der Waals surface area (Å²) in [6.07, 6.45) is 3.00. The smallest absolute Gasteiger partial charge is 0.216 e. The van der Waals surface area contributed by atoms with Gasteiger partial charge in [0.25, 0.3) is 0 Å². The Morgan fingerprint density at radius 2 is 1.69 bits per heavy atom. The summed E-state index contributed by atoms with van der Waals surface area (Å²) in [6.45, 7) is 7.03. The van der Waals surface area contributed by atoms with E-state index in [0.717, 1.165) is 0 Å². The maximum atomic E-state index is 11.4. The second-order valence-corrected chi connectivity index (χ2v) is 4.52. The summed E-state index contributed by atoms with van der Waals surface area (Å²) in [5.41, 5.74) is 0. The molecule has 0 radical (unpaired) electrons. The molecule has 0 unspecified atom stereocenters. The van der Waals surface area contributed by atoms with Crippen LogP contribution >= 0.6 is 0 Å². The van der Waals surface area contributed by atoms with Crippen molar-refractivity contribution in [1.29, 1.82) is 0 Å². The highest BCUT2D eigenvalue weighted by Gasteiger charge is 2.18. The first-order valence-corrected chi connectivity index (χ1v) is 5.50. The van der Waals surface area contributed by atoms with Gasteiger partial charge in [-0.15, -0.1) is 13.2 Å². The Hall–Kier alpha value is -0.650. The van der Waals surface area contributed by atoms with Crippen LogP contribution in [-0.2, 0) is 10.0 Å². The number of rotatable bonds is 7. The Labute approximate surface area is 79.2 Å². The number of aliphatic hydroxyl groups is 1. The lowest BCUT2D eigenvalue weighted by molar-refractivity contribution is 0.316. The van der Waals surface area contributed by atoms with Crippen molar-refractivity contribution < 1.29 is 13.5 Å². The molecule has 5 heteroatoms. The first-order chi connectivity index (χ1) is 6.08. The van der Waals surface area contributed by atoms with E-state index in [1.165, 1.54) is 16.5 Å². The molecular formula is C8H15NO3S. The molecule has 0 bridgehead atoms. The molecule has 4 nitrogen and oxygen atoms in total. The predicted octanol–water partition coefficient (Wildman–Crippen LogP) is -0.0175. The molecule has 0 fully saturated rings. The molecule has 0 amide bonds. The summed E-state index contributed by atoms with van der Waals surface area (Å²) < 4.78 is 24.0. The molecule has 0 saturated carbocycles.